The van der Waals surface area contributed by atoms with Crippen LogP contribution < -0.4 is 24.8 Å². The molecule has 9 heteroatoms. The van der Waals surface area contributed by atoms with Crippen LogP contribution in [0.25, 0.3) is 0 Å². The van der Waals surface area contributed by atoms with Gasteiger partial charge in [-0.05, 0) is 53.9 Å². The van der Waals surface area contributed by atoms with E-state index in [4.69, 9.17) is 14.2 Å². The summed E-state index contributed by atoms with van der Waals surface area (Å²) in [6.45, 7) is 1.26. The molecular weight excluding hydrogens is 538 g/mol. The third-order valence-corrected chi connectivity index (χ3v) is 4.67. The second-order valence-corrected chi connectivity index (χ2v) is 6.85. The molecule has 176 valence electrons. The van der Waals surface area contributed by atoms with Crippen molar-refractivity contribution in [1.29, 1.82) is 0 Å². The molecule has 1 heterocycles. The average molecular weight is 566 g/mol. The minimum absolute atomic E-state index is 0. The topological polar surface area (TPSA) is 77.0 Å². The smallest absolute Gasteiger partial charge is 0.219 e. The van der Waals surface area contributed by atoms with Gasteiger partial charge in [-0.3, -0.25) is 4.99 Å². The largest absolute Gasteiger partial charge is 0.493 e. The fourth-order valence-electron chi connectivity index (χ4n) is 2.97. The lowest BCUT2D eigenvalue weighted by Crippen LogP contribution is -2.37. The van der Waals surface area contributed by atoms with Crippen LogP contribution in [0.5, 0.6) is 23.1 Å². The van der Waals surface area contributed by atoms with Crippen molar-refractivity contribution in [2.24, 2.45) is 4.99 Å². The highest BCUT2D eigenvalue weighted by Gasteiger charge is 2.05. The molecule has 0 radical (unpaired) electrons. The number of hydrogen-bond donors (Lipinski definition) is 2. The van der Waals surface area contributed by atoms with E-state index < -0.39 is 0 Å². The lowest BCUT2D eigenvalue weighted by molar-refractivity contribution is 0.354. The Kier molecular flexibility index (Phi) is 10.7. The molecule has 0 aliphatic heterocycles. The number of methoxy groups -OCH3 is 2. The molecule has 0 bridgehead atoms. The zero-order chi connectivity index (χ0) is 22.8. The second kappa shape index (κ2) is 13.5. The van der Waals surface area contributed by atoms with Gasteiger partial charge in [0, 0.05) is 32.4 Å². The number of aromatic nitrogens is 1. The molecule has 0 aliphatic rings. The number of halogens is 2. The quantitative estimate of drug-likeness (QED) is 0.225. The van der Waals surface area contributed by atoms with E-state index in [0.29, 0.717) is 42.2 Å². The number of nitrogens with one attached hydrogen (secondary N) is 2. The standard InChI is InChI=1S/C24H27FN4O3.HI/c1-26-24(27-13-12-17-4-10-21(30-2)22(14-17)31-3)29-16-18-5-11-23(28-15-18)32-20-8-6-19(25)7-9-20;/h4-11,14-15H,12-13,16H2,1-3H3,(H2,26,27,29);1H. The summed E-state index contributed by atoms with van der Waals surface area (Å²) in [6, 6.07) is 15.4. The van der Waals surface area contributed by atoms with Crippen LogP contribution in [-0.4, -0.2) is 38.8 Å². The average Bonchev–Trinajstić information content (AvgIpc) is 2.83. The van der Waals surface area contributed by atoms with Crippen molar-refractivity contribution in [3.63, 3.8) is 0 Å². The highest BCUT2D eigenvalue weighted by Crippen LogP contribution is 2.27. The van der Waals surface area contributed by atoms with Crippen LogP contribution in [0, 0.1) is 5.82 Å². The van der Waals surface area contributed by atoms with E-state index in [1.165, 1.54) is 12.1 Å². The molecular formula is C24H28FIN4O3. The first-order valence-electron chi connectivity index (χ1n) is 10.1. The van der Waals surface area contributed by atoms with Crippen molar-refractivity contribution in [1.82, 2.24) is 15.6 Å². The van der Waals surface area contributed by atoms with Crippen molar-refractivity contribution in [3.05, 3.63) is 77.7 Å². The molecule has 0 amide bonds. The van der Waals surface area contributed by atoms with Crippen LogP contribution in [0.4, 0.5) is 4.39 Å². The number of aliphatic imine (C=N–C) groups is 1. The van der Waals surface area contributed by atoms with Gasteiger partial charge in [0.25, 0.3) is 0 Å². The van der Waals surface area contributed by atoms with E-state index in [1.54, 1.807) is 45.7 Å². The molecule has 1 aromatic heterocycles. The monoisotopic (exact) mass is 566 g/mol. The van der Waals surface area contributed by atoms with Gasteiger partial charge in [0.05, 0.1) is 14.2 Å². The highest BCUT2D eigenvalue weighted by molar-refractivity contribution is 14.0. The van der Waals surface area contributed by atoms with E-state index in [1.807, 2.05) is 24.3 Å². The van der Waals surface area contributed by atoms with Crippen LogP contribution in [0.3, 0.4) is 0 Å². The Bertz CT molecular complexity index is 1030. The second-order valence-electron chi connectivity index (χ2n) is 6.85. The van der Waals surface area contributed by atoms with E-state index in [-0.39, 0.29) is 29.8 Å². The Balaban J connectivity index is 0.00000385. The lowest BCUT2D eigenvalue weighted by atomic mass is 10.1. The molecule has 0 atom stereocenters. The summed E-state index contributed by atoms with van der Waals surface area (Å²) in [6.07, 6.45) is 2.53. The molecule has 3 aromatic rings. The van der Waals surface area contributed by atoms with Crippen molar-refractivity contribution in [3.8, 4) is 23.1 Å². The van der Waals surface area contributed by atoms with Gasteiger partial charge in [0.15, 0.2) is 17.5 Å². The Morgan fingerprint density at radius 1 is 0.939 bits per heavy atom. The summed E-state index contributed by atoms with van der Waals surface area (Å²) in [5, 5.41) is 6.55. The van der Waals surface area contributed by atoms with E-state index >= 15 is 0 Å². The Morgan fingerprint density at radius 2 is 1.67 bits per heavy atom. The van der Waals surface area contributed by atoms with E-state index in [0.717, 1.165) is 17.5 Å². The third-order valence-electron chi connectivity index (χ3n) is 4.67. The number of hydrogen-bond acceptors (Lipinski definition) is 5. The predicted octanol–water partition coefficient (Wildman–Crippen LogP) is 4.56. The highest BCUT2D eigenvalue weighted by atomic mass is 127. The molecule has 0 unspecified atom stereocenters. The van der Waals surface area contributed by atoms with Crippen molar-refractivity contribution in [2.45, 2.75) is 13.0 Å². The van der Waals surface area contributed by atoms with Gasteiger partial charge in [-0.2, -0.15) is 0 Å². The normalized spacial score (nSPS) is 10.7. The van der Waals surface area contributed by atoms with E-state index in [9.17, 15) is 4.39 Å². The summed E-state index contributed by atoms with van der Waals surface area (Å²) in [5.74, 6) is 2.78. The molecule has 2 N–H and O–H groups in total. The zero-order valence-electron chi connectivity index (χ0n) is 18.8. The maximum atomic E-state index is 13.0. The first-order chi connectivity index (χ1) is 15.6. The summed E-state index contributed by atoms with van der Waals surface area (Å²) in [4.78, 5) is 8.54. The van der Waals surface area contributed by atoms with Gasteiger partial charge >= 0.3 is 0 Å². The number of rotatable bonds is 9. The number of ether oxygens (including phenoxy) is 3. The molecule has 2 aromatic carbocycles. The minimum Gasteiger partial charge on any atom is -0.493 e. The maximum Gasteiger partial charge on any atom is 0.219 e. The number of pyridine rings is 1. The fraction of sp³-hybridized carbons (Fsp3) is 0.250. The van der Waals surface area contributed by atoms with Crippen LogP contribution >= 0.6 is 24.0 Å². The molecule has 0 saturated heterocycles. The Hall–Kier alpha value is -3.08. The van der Waals surface area contributed by atoms with Crippen molar-refractivity contribution >= 4 is 29.9 Å². The fourth-order valence-corrected chi connectivity index (χ4v) is 2.97. The zero-order valence-corrected chi connectivity index (χ0v) is 21.1. The summed E-state index contributed by atoms with van der Waals surface area (Å²) in [7, 11) is 4.97. The molecule has 0 aliphatic carbocycles. The van der Waals surface area contributed by atoms with Gasteiger partial charge < -0.3 is 24.8 Å². The van der Waals surface area contributed by atoms with Crippen molar-refractivity contribution < 1.29 is 18.6 Å². The third kappa shape index (κ3) is 8.08. The van der Waals surface area contributed by atoms with Gasteiger partial charge in [0.2, 0.25) is 5.88 Å². The molecule has 0 spiro atoms. The predicted molar refractivity (Wildman–Crippen MR) is 138 cm³/mol. The first kappa shape index (κ1) is 26.2. The molecule has 0 fully saturated rings. The maximum absolute atomic E-state index is 13.0. The number of benzene rings is 2. The van der Waals surface area contributed by atoms with Gasteiger partial charge in [0.1, 0.15) is 11.6 Å². The Morgan fingerprint density at radius 3 is 2.30 bits per heavy atom. The Labute approximate surface area is 210 Å². The van der Waals surface area contributed by atoms with Crippen LogP contribution in [0.2, 0.25) is 0 Å². The molecule has 33 heavy (non-hydrogen) atoms. The van der Waals surface area contributed by atoms with Gasteiger partial charge in [-0.25, -0.2) is 9.37 Å². The summed E-state index contributed by atoms with van der Waals surface area (Å²) >= 11 is 0. The minimum atomic E-state index is -0.308. The first-order valence-corrected chi connectivity index (χ1v) is 10.1. The van der Waals surface area contributed by atoms with Crippen LogP contribution in [-0.2, 0) is 13.0 Å². The van der Waals surface area contributed by atoms with Gasteiger partial charge in [-0.15, -0.1) is 24.0 Å². The molecule has 0 saturated carbocycles. The SMILES string of the molecule is CN=C(NCCc1ccc(OC)c(OC)c1)NCc1ccc(Oc2ccc(F)cc2)nc1.I. The molecule has 3 rings (SSSR count). The summed E-state index contributed by atoms with van der Waals surface area (Å²) < 4.78 is 29.2. The van der Waals surface area contributed by atoms with E-state index in [2.05, 4.69) is 20.6 Å². The van der Waals surface area contributed by atoms with Gasteiger partial charge in [-0.1, -0.05) is 12.1 Å². The number of guanidine groups is 1. The van der Waals surface area contributed by atoms with Crippen LogP contribution in [0.15, 0.2) is 65.8 Å². The van der Waals surface area contributed by atoms with Crippen molar-refractivity contribution in [2.75, 3.05) is 27.8 Å². The summed E-state index contributed by atoms with van der Waals surface area (Å²) in [5.41, 5.74) is 2.10. The van der Waals surface area contributed by atoms with Crippen LogP contribution in [0.1, 0.15) is 11.1 Å². The molecule has 7 nitrogen and oxygen atoms in total. The number of nitrogens with zero attached hydrogens (tertiary/aromatic N) is 2. The lowest BCUT2D eigenvalue weighted by Gasteiger charge is -2.13.